The lowest BCUT2D eigenvalue weighted by molar-refractivity contribution is -0.384. The highest BCUT2D eigenvalue weighted by Crippen LogP contribution is 2.23. The number of carbonyl (C=O) groups excluding carboxylic acids is 1. The van der Waals surface area contributed by atoms with Crippen molar-refractivity contribution in [1.29, 1.82) is 0 Å². The Balaban J connectivity index is 1.95. The Labute approximate surface area is 134 Å². The molecule has 0 unspecified atom stereocenters. The number of amides is 1. The first kappa shape index (κ1) is 16.7. The van der Waals surface area contributed by atoms with Crippen molar-refractivity contribution in [2.24, 2.45) is 5.90 Å². The molecule has 0 aliphatic heterocycles. The Hall–Kier alpha value is -2.66. The van der Waals surface area contributed by atoms with Gasteiger partial charge in [0, 0.05) is 22.7 Å². The van der Waals surface area contributed by atoms with Crippen molar-refractivity contribution in [1.82, 2.24) is 0 Å². The zero-order valence-corrected chi connectivity index (χ0v) is 12.3. The molecule has 0 saturated carbocycles. The molecule has 9 nitrogen and oxygen atoms in total. The molecule has 1 amide bonds. The minimum absolute atomic E-state index is 0.0930. The molecule has 0 radical (unpaired) electrons. The third kappa shape index (κ3) is 5.23. The van der Waals surface area contributed by atoms with Crippen molar-refractivity contribution in [3.63, 3.8) is 0 Å². The predicted octanol–water partition coefficient (Wildman–Crippen LogP) is 3.03. The Morgan fingerprint density at radius 3 is 2.61 bits per heavy atom. The zero-order chi connectivity index (χ0) is 16.7. The van der Waals surface area contributed by atoms with Crippen molar-refractivity contribution in [2.45, 2.75) is 4.90 Å². The SMILES string of the molecule is NOOSc1cccc(NC(=O)Oc2ccc([N+](=O)[O-])cc2)c1. The van der Waals surface area contributed by atoms with Crippen molar-refractivity contribution in [3.05, 3.63) is 58.6 Å². The molecule has 0 fully saturated rings. The highest BCUT2D eigenvalue weighted by Gasteiger charge is 2.09. The van der Waals surface area contributed by atoms with Gasteiger partial charge >= 0.3 is 6.09 Å². The summed E-state index contributed by atoms with van der Waals surface area (Å²) in [5.41, 5.74) is 0.368. The van der Waals surface area contributed by atoms with E-state index in [-0.39, 0.29) is 11.4 Å². The van der Waals surface area contributed by atoms with Crippen LogP contribution in [0.1, 0.15) is 0 Å². The van der Waals surface area contributed by atoms with E-state index in [9.17, 15) is 14.9 Å². The molecule has 0 aliphatic carbocycles. The lowest BCUT2D eigenvalue weighted by Gasteiger charge is -2.07. The van der Waals surface area contributed by atoms with Crippen LogP contribution in [-0.4, -0.2) is 11.0 Å². The van der Waals surface area contributed by atoms with Crippen molar-refractivity contribution in [3.8, 4) is 5.75 Å². The van der Waals surface area contributed by atoms with Crippen LogP contribution in [0.4, 0.5) is 16.2 Å². The molecule has 120 valence electrons. The van der Waals surface area contributed by atoms with Gasteiger partial charge < -0.3 is 4.74 Å². The fourth-order valence-corrected chi connectivity index (χ4v) is 2.00. The number of nitrogens with one attached hydrogen (secondary N) is 1. The molecule has 0 bridgehead atoms. The van der Waals surface area contributed by atoms with E-state index < -0.39 is 11.0 Å². The van der Waals surface area contributed by atoms with Gasteiger partial charge in [-0.25, -0.2) is 4.79 Å². The molecule has 23 heavy (non-hydrogen) atoms. The van der Waals surface area contributed by atoms with Gasteiger partial charge in [0.1, 0.15) is 5.75 Å². The van der Waals surface area contributed by atoms with Crippen LogP contribution in [0, 0.1) is 10.1 Å². The predicted molar refractivity (Wildman–Crippen MR) is 81.4 cm³/mol. The second-order valence-electron chi connectivity index (χ2n) is 4.04. The summed E-state index contributed by atoms with van der Waals surface area (Å²) >= 11 is 0.867. The van der Waals surface area contributed by atoms with Crippen molar-refractivity contribution in [2.75, 3.05) is 5.32 Å². The third-order valence-electron chi connectivity index (χ3n) is 2.51. The smallest absolute Gasteiger partial charge is 0.410 e. The van der Waals surface area contributed by atoms with Gasteiger partial charge in [-0.15, -0.1) is 9.32 Å². The molecule has 0 aliphatic rings. The molecular formula is C13H11N3O6S. The number of rotatable bonds is 6. The Kier molecular flexibility index (Phi) is 5.88. The first-order valence-electron chi connectivity index (χ1n) is 6.12. The summed E-state index contributed by atoms with van der Waals surface area (Å²) in [6.45, 7) is 0. The van der Waals surface area contributed by atoms with Gasteiger partial charge in [0.25, 0.3) is 5.69 Å². The van der Waals surface area contributed by atoms with Gasteiger partial charge in [-0.1, -0.05) is 6.07 Å². The number of hydrogen-bond donors (Lipinski definition) is 2. The third-order valence-corrected chi connectivity index (χ3v) is 3.10. The Bertz CT molecular complexity index is 694. The van der Waals surface area contributed by atoms with Crippen LogP contribution in [0.25, 0.3) is 0 Å². The summed E-state index contributed by atoms with van der Waals surface area (Å²) in [6.07, 6.45) is -0.739. The number of ether oxygens (including phenoxy) is 1. The van der Waals surface area contributed by atoms with Gasteiger partial charge in [-0.05, 0) is 30.3 Å². The number of nitrogens with two attached hydrogens (primary N) is 1. The summed E-state index contributed by atoms with van der Waals surface area (Å²) < 4.78 is 9.52. The molecule has 2 rings (SSSR count). The molecule has 10 heteroatoms. The van der Waals surface area contributed by atoms with Gasteiger partial charge in [0.05, 0.1) is 17.0 Å². The summed E-state index contributed by atoms with van der Waals surface area (Å²) in [4.78, 5) is 26.4. The fourth-order valence-electron chi connectivity index (χ4n) is 1.57. The van der Waals surface area contributed by atoms with Crippen LogP contribution < -0.4 is 16.0 Å². The van der Waals surface area contributed by atoms with E-state index in [0.717, 1.165) is 12.0 Å². The van der Waals surface area contributed by atoms with Gasteiger partial charge in [0.2, 0.25) is 0 Å². The van der Waals surface area contributed by atoms with E-state index in [1.165, 1.54) is 24.3 Å². The molecule has 0 spiro atoms. The molecule has 3 N–H and O–H groups in total. The largest absolute Gasteiger partial charge is 0.417 e. The highest BCUT2D eigenvalue weighted by molar-refractivity contribution is 7.94. The monoisotopic (exact) mass is 337 g/mol. The zero-order valence-electron chi connectivity index (χ0n) is 11.5. The number of hydrogen-bond acceptors (Lipinski definition) is 8. The van der Waals surface area contributed by atoms with Crippen LogP contribution in [0.3, 0.4) is 0 Å². The maximum Gasteiger partial charge on any atom is 0.417 e. The summed E-state index contributed by atoms with van der Waals surface area (Å²) in [6, 6.07) is 11.8. The first-order valence-corrected chi connectivity index (χ1v) is 6.86. The minimum atomic E-state index is -0.739. The number of nitro groups is 1. The van der Waals surface area contributed by atoms with Gasteiger partial charge in [0.15, 0.2) is 0 Å². The number of nitro benzene ring substituents is 1. The van der Waals surface area contributed by atoms with E-state index in [1.807, 2.05) is 0 Å². The number of anilines is 1. The van der Waals surface area contributed by atoms with E-state index in [1.54, 1.807) is 24.3 Å². The quantitative estimate of drug-likeness (QED) is 0.356. The second kappa shape index (κ2) is 8.10. The van der Waals surface area contributed by atoms with Gasteiger partial charge in [-0.2, -0.15) is 5.90 Å². The Morgan fingerprint density at radius 1 is 1.22 bits per heavy atom. The van der Waals surface area contributed by atoms with Crippen LogP contribution in [0.15, 0.2) is 53.4 Å². The molecule has 0 saturated heterocycles. The molecule has 0 heterocycles. The number of benzene rings is 2. The van der Waals surface area contributed by atoms with Crippen molar-refractivity contribution >= 4 is 29.5 Å². The second-order valence-corrected chi connectivity index (χ2v) is 4.82. The minimum Gasteiger partial charge on any atom is -0.410 e. The van der Waals surface area contributed by atoms with Crippen LogP contribution in [0.2, 0.25) is 0 Å². The lowest BCUT2D eigenvalue weighted by atomic mass is 10.3. The topological polar surface area (TPSA) is 126 Å². The van der Waals surface area contributed by atoms with E-state index in [0.29, 0.717) is 10.6 Å². The van der Waals surface area contributed by atoms with Crippen LogP contribution in [-0.2, 0) is 9.32 Å². The van der Waals surface area contributed by atoms with Gasteiger partial charge in [-0.3, -0.25) is 15.4 Å². The number of nitrogens with zero attached hydrogens (tertiary/aromatic N) is 1. The lowest BCUT2D eigenvalue weighted by Crippen LogP contribution is -2.16. The summed E-state index contributed by atoms with van der Waals surface area (Å²) in [5, 5.41) is 13.0. The molecule has 0 aromatic heterocycles. The summed E-state index contributed by atoms with van der Waals surface area (Å²) in [7, 11) is 0. The Morgan fingerprint density at radius 2 is 1.96 bits per heavy atom. The normalized spacial score (nSPS) is 10.1. The maximum absolute atomic E-state index is 11.8. The van der Waals surface area contributed by atoms with Crippen molar-refractivity contribution < 1.29 is 23.8 Å². The van der Waals surface area contributed by atoms with Crippen LogP contribution >= 0.6 is 12.0 Å². The van der Waals surface area contributed by atoms with E-state index in [4.69, 9.17) is 10.6 Å². The maximum atomic E-state index is 11.8. The average molecular weight is 337 g/mol. The van der Waals surface area contributed by atoms with E-state index in [2.05, 4.69) is 14.6 Å². The summed E-state index contributed by atoms with van der Waals surface area (Å²) in [5.74, 6) is 4.91. The number of carbonyl (C=O) groups is 1. The first-order chi connectivity index (χ1) is 11.1. The van der Waals surface area contributed by atoms with E-state index >= 15 is 0 Å². The number of non-ortho nitro benzene ring substituents is 1. The fraction of sp³-hybridized carbons (Fsp3) is 0. The molecule has 0 atom stereocenters. The highest BCUT2D eigenvalue weighted by atomic mass is 32.2. The standard InChI is InChI=1S/C13H11N3O6S/c14-21-22-23-12-3-1-2-9(8-12)15-13(17)20-11-6-4-10(5-7-11)16(18)19/h1-8H,14H2,(H,15,17). The molecule has 2 aromatic rings. The average Bonchev–Trinajstić information content (AvgIpc) is 2.53. The molecular weight excluding hydrogens is 326 g/mol. The van der Waals surface area contributed by atoms with Crippen LogP contribution in [0.5, 0.6) is 5.75 Å². The molecule has 2 aromatic carbocycles.